The lowest BCUT2D eigenvalue weighted by Gasteiger charge is -2.10. The molecule has 1 atom stereocenters. The lowest BCUT2D eigenvalue weighted by Crippen LogP contribution is -2.13. The van der Waals surface area contributed by atoms with Crippen LogP contribution in [0.5, 0.6) is 0 Å². The average Bonchev–Trinajstić information content (AvgIpc) is 2.91. The quantitative estimate of drug-likeness (QED) is 0.808. The molecule has 2 heterocycles. The molecule has 0 bridgehead atoms. The van der Waals surface area contributed by atoms with Crippen molar-refractivity contribution in [2.75, 3.05) is 25.6 Å². The molecule has 1 aromatic rings. The molecule has 1 fully saturated rings. The summed E-state index contributed by atoms with van der Waals surface area (Å²) in [4.78, 5) is 15.5. The predicted molar refractivity (Wildman–Crippen MR) is 67.7 cm³/mol. The number of anilines is 1. The maximum absolute atomic E-state index is 11.4. The second kappa shape index (κ2) is 6.35. The third-order valence-electron chi connectivity index (χ3n) is 2.98. The summed E-state index contributed by atoms with van der Waals surface area (Å²) in [6, 6.07) is 3.33. The molecule has 1 aromatic heterocycles. The molecule has 1 aliphatic heterocycles. The first kappa shape index (κ1) is 12.8. The van der Waals surface area contributed by atoms with Crippen LogP contribution in [0.25, 0.3) is 0 Å². The highest BCUT2D eigenvalue weighted by molar-refractivity contribution is 5.89. The first-order valence-corrected chi connectivity index (χ1v) is 6.19. The van der Waals surface area contributed by atoms with Gasteiger partial charge in [0.05, 0.1) is 18.8 Å². The Balaban J connectivity index is 1.83. The van der Waals surface area contributed by atoms with E-state index >= 15 is 0 Å². The maximum Gasteiger partial charge on any atom is 0.338 e. The summed E-state index contributed by atoms with van der Waals surface area (Å²) in [5.74, 6) is 0.343. The van der Waals surface area contributed by atoms with Gasteiger partial charge in [0.25, 0.3) is 0 Å². The molecule has 0 radical (unpaired) electrons. The number of nitrogens with one attached hydrogen (secondary N) is 1. The first-order chi connectivity index (χ1) is 8.79. The maximum atomic E-state index is 11.4. The fourth-order valence-electron chi connectivity index (χ4n) is 2.01. The Morgan fingerprint density at radius 2 is 2.56 bits per heavy atom. The van der Waals surface area contributed by atoms with Crippen molar-refractivity contribution in [2.24, 2.45) is 0 Å². The molecule has 98 valence electrons. The van der Waals surface area contributed by atoms with Crippen molar-refractivity contribution in [1.82, 2.24) is 4.98 Å². The Bertz CT molecular complexity index is 403. The molecule has 1 unspecified atom stereocenters. The van der Waals surface area contributed by atoms with Gasteiger partial charge in [-0.05, 0) is 31.4 Å². The third kappa shape index (κ3) is 3.43. The Hall–Kier alpha value is -1.62. The minimum Gasteiger partial charge on any atom is -0.465 e. The van der Waals surface area contributed by atoms with Crippen LogP contribution >= 0.6 is 0 Å². The Morgan fingerprint density at radius 3 is 3.28 bits per heavy atom. The van der Waals surface area contributed by atoms with Crippen molar-refractivity contribution >= 4 is 11.8 Å². The van der Waals surface area contributed by atoms with Crippen molar-refractivity contribution < 1.29 is 14.3 Å². The van der Waals surface area contributed by atoms with Crippen LogP contribution in [0.1, 0.15) is 29.6 Å². The predicted octanol–water partition coefficient (Wildman–Crippen LogP) is 1.85. The molecule has 2 rings (SSSR count). The van der Waals surface area contributed by atoms with E-state index < -0.39 is 0 Å². The topological polar surface area (TPSA) is 60.5 Å². The van der Waals surface area contributed by atoms with Gasteiger partial charge in [0.15, 0.2) is 0 Å². The Morgan fingerprint density at radius 1 is 1.67 bits per heavy atom. The van der Waals surface area contributed by atoms with Gasteiger partial charge in [0.2, 0.25) is 0 Å². The molecule has 0 amide bonds. The van der Waals surface area contributed by atoms with Gasteiger partial charge in [-0.3, -0.25) is 0 Å². The van der Waals surface area contributed by atoms with Gasteiger partial charge in [-0.25, -0.2) is 9.78 Å². The van der Waals surface area contributed by atoms with E-state index in [-0.39, 0.29) is 5.97 Å². The average molecular weight is 250 g/mol. The van der Waals surface area contributed by atoms with Gasteiger partial charge in [-0.1, -0.05) is 0 Å². The van der Waals surface area contributed by atoms with E-state index in [1.807, 2.05) is 0 Å². The lowest BCUT2D eigenvalue weighted by molar-refractivity contribution is 0.0600. The molecule has 0 spiro atoms. The van der Waals surface area contributed by atoms with Crippen LogP contribution in [0.2, 0.25) is 0 Å². The fraction of sp³-hybridized carbons (Fsp3) is 0.538. The van der Waals surface area contributed by atoms with Crippen LogP contribution in [-0.4, -0.2) is 37.3 Å². The van der Waals surface area contributed by atoms with Crippen LogP contribution in [0.4, 0.5) is 5.82 Å². The summed E-state index contributed by atoms with van der Waals surface area (Å²) in [7, 11) is 1.37. The van der Waals surface area contributed by atoms with E-state index in [1.165, 1.54) is 7.11 Å². The first-order valence-electron chi connectivity index (χ1n) is 6.19. The number of carbonyl (C=O) groups is 1. The Labute approximate surface area is 107 Å². The molecule has 1 saturated heterocycles. The number of aromatic nitrogens is 1. The van der Waals surface area contributed by atoms with Gasteiger partial charge in [-0.2, -0.15) is 0 Å². The second-order valence-corrected chi connectivity index (χ2v) is 4.27. The highest BCUT2D eigenvalue weighted by atomic mass is 16.5. The number of nitrogens with zero attached hydrogens (tertiary/aromatic N) is 1. The van der Waals surface area contributed by atoms with Gasteiger partial charge in [0, 0.05) is 19.3 Å². The number of carbonyl (C=O) groups excluding carboxylic acids is 1. The van der Waals surface area contributed by atoms with Crippen LogP contribution in [0.3, 0.4) is 0 Å². The smallest absolute Gasteiger partial charge is 0.338 e. The van der Waals surface area contributed by atoms with Crippen molar-refractivity contribution in [3.05, 3.63) is 23.9 Å². The van der Waals surface area contributed by atoms with Gasteiger partial charge >= 0.3 is 5.97 Å². The molecule has 1 aliphatic rings. The minimum absolute atomic E-state index is 0.348. The number of pyridine rings is 1. The molecule has 18 heavy (non-hydrogen) atoms. The van der Waals surface area contributed by atoms with Crippen molar-refractivity contribution in [3.8, 4) is 0 Å². The number of rotatable bonds is 5. The van der Waals surface area contributed by atoms with Gasteiger partial charge < -0.3 is 14.8 Å². The molecule has 5 heteroatoms. The van der Waals surface area contributed by atoms with Crippen LogP contribution in [0, 0.1) is 0 Å². The molecule has 0 aliphatic carbocycles. The number of ether oxygens (including phenoxy) is 2. The monoisotopic (exact) mass is 250 g/mol. The number of esters is 1. The third-order valence-corrected chi connectivity index (χ3v) is 2.98. The van der Waals surface area contributed by atoms with E-state index in [0.29, 0.717) is 17.5 Å². The highest BCUT2D eigenvalue weighted by Gasteiger charge is 2.14. The zero-order valence-electron chi connectivity index (χ0n) is 10.5. The SMILES string of the molecule is COC(=O)c1ccnc(NCCC2CCCO2)c1. The van der Waals surface area contributed by atoms with E-state index in [9.17, 15) is 4.79 Å². The summed E-state index contributed by atoms with van der Waals surface area (Å²) in [6.07, 6.45) is 5.21. The molecule has 0 saturated carbocycles. The number of hydrogen-bond donors (Lipinski definition) is 1. The summed E-state index contributed by atoms with van der Waals surface area (Å²) >= 11 is 0. The van der Waals surface area contributed by atoms with Gasteiger partial charge in [-0.15, -0.1) is 0 Å². The van der Waals surface area contributed by atoms with E-state index in [0.717, 1.165) is 32.4 Å². The van der Waals surface area contributed by atoms with Crippen molar-refractivity contribution in [1.29, 1.82) is 0 Å². The zero-order valence-corrected chi connectivity index (χ0v) is 10.5. The largest absolute Gasteiger partial charge is 0.465 e. The fourth-order valence-corrected chi connectivity index (χ4v) is 2.01. The zero-order chi connectivity index (χ0) is 12.8. The standard InChI is InChI=1S/C13H18N2O3/c1-17-13(16)10-4-6-14-12(9-10)15-7-5-11-3-2-8-18-11/h4,6,9,11H,2-3,5,7-8H2,1H3,(H,14,15). The summed E-state index contributed by atoms with van der Waals surface area (Å²) in [6.45, 7) is 1.67. The van der Waals surface area contributed by atoms with E-state index in [1.54, 1.807) is 18.3 Å². The highest BCUT2D eigenvalue weighted by Crippen LogP contribution is 2.15. The summed E-state index contributed by atoms with van der Waals surface area (Å²) in [5, 5.41) is 3.19. The minimum atomic E-state index is -0.348. The molecular weight excluding hydrogens is 232 g/mol. The number of methoxy groups -OCH3 is 1. The number of hydrogen-bond acceptors (Lipinski definition) is 5. The molecule has 0 aromatic carbocycles. The van der Waals surface area contributed by atoms with Crippen molar-refractivity contribution in [3.63, 3.8) is 0 Å². The summed E-state index contributed by atoms with van der Waals surface area (Å²) < 4.78 is 10.2. The molecule has 1 N–H and O–H groups in total. The van der Waals surface area contributed by atoms with Crippen LogP contribution in [-0.2, 0) is 9.47 Å². The van der Waals surface area contributed by atoms with E-state index in [4.69, 9.17) is 4.74 Å². The van der Waals surface area contributed by atoms with E-state index in [2.05, 4.69) is 15.0 Å². The summed E-state index contributed by atoms with van der Waals surface area (Å²) in [5.41, 5.74) is 0.507. The Kier molecular flexibility index (Phi) is 4.52. The van der Waals surface area contributed by atoms with Crippen LogP contribution < -0.4 is 5.32 Å². The normalized spacial score (nSPS) is 18.6. The molecule has 5 nitrogen and oxygen atoms in total. The van der Waals surface area contributed by atoms with Gasteiger partial charge in [0.1, 0.15) is 5.82 Å². The van der Waals surface area contributed by atoms with Crippen molar-refractivity contribution in [2.45, 2.75) is 25.4 Å². The molecular formula is C13H18N2O3. The second-order valence-electron chi connectivity index (χ2n) is 4.27. The van der Waals surface area contributed by atoms with Crippen LogP contribution in [0.15, 0.2) is 18.3 Å². The lowest BCUT2D eigenvalue weighted by atomic mass is 10.2.